The number of nitrogens with one attached hydrogen (secondary N) is 3. The van der Waals surface area contributed by atoms with Gasteiger partial charge in [-0.2, -0.15) is 0 Å². The number of carboxylic acids is 1. The molecule has 22 heavy (non-hydrogen) atoms. The molecule has 0 aliphatic heterocycles. The summed E-state index contributed by atoms with van der Waals surface area (Å²) in [7, 11) is 0. The summed E-state index contributed by atoms with van der Waals surface area (Å²) in [6.07, 6.45) is 1.18. The van der Waals surface area contributed by atoms with E-state index in [9.17, 15) is 14.4 Å². The predicted molar refractivity (Wildman–Crippen MR) is 83.7 cm³/mol. The molecule has 1 atom stereocenters. The van der Waals surface area contributed by atoms with Crippen LogP contribution in [0.3, 0.4) is 0 Å². The summed E-state index contributed by atoms with van der Waals surface area (Å²) in [4.78, 5) is 33.6. The lowest BCUT2D eigenvalue weighted by atomic mass is 10.2. The molecule has 0 fully saturated rings. The third-order valence-electron chi connectivity index (χ3n) is 2.87. The first-order chi connectivity index (χ1) is 10.4. The second-order valence-corrected chi connectivity index (χ2v) is 4.87. The average Bonchev–Trinajstić information content (AvgIpc) is 2.44. The fourth-order valence-corrected chi connectivity index (χ4v) is 1.86. The van der Waals surface area contributed by atoms with Crippen molar-refractivity contribution in [3.8, 4) is 0 Å². The van der Waals surface area contributed by atoms with E-state index in [2.05, 4.69) is 16.0 Å². The summed E-state index contributed by atoms with van der Waals surface area (Å²) in [5.74, 6) is -1.46. The Morgan fingerprint density at radius 2 is 1.64 bits per heavy atom. The summed E-state index contributed by atoms with van der Waals surface area (Å²) in [5.41, 5.74) is 1.21. The summed E-state index contributed by atoms with van der Waals surface area (Å²) < 4.78 is 0. The zero-order chi connectivity index (χ0) is 16.5. The van der Waals surface area contributed by atoms with E-state index >= 15 is 0 Å². The molecule has 0 radical (unpaired) electrons. The molecule has 0 saturated carbocycles. The highest BCUT2D eigenvalue weighted by Gasteiger charge is 2.16. The van der Waals surface area contributed by atoms with Crippen molar-refractivity contribution in [2.24, 2.45) is 0 Å². The third kappa shape index (κ3) is 6.36. The average molecular weight is 307 g/mol. The monoisotopic (exact) mass is 307 g/mol. The molecule has 1 rings (SSSR count). The van der Waals surface area contributed by atoms with Crippen LogP contribution in [-0.2, 0) is 14.4 Å². The van der Waals surface area contributed by atoms with E-state index in [1.807, 2.05) is 6.92 Å². The number of benzene rings is 1. The molecule has 1 aromatic carbocycles. The molecule has 7 nitrogen and oxygen atoms in total. The molecular formula is C15H21N3O4. The van der Waals surface area contributed by atoms with E-state index in [4.69, 9.17) is 5.11 Å². The quantitative estimate of drug-likeness (QED) is 0.581. The number of hydrogen-bond acceptors (Lipinski definition) is 4. The highest BCUT2D eigenvalue weighted by Crippen LogP contribution is 2.13. The Kier molecular flexibility index (Phi) is 7.04. The van der Waals surface area contributed by atoms with Crippen molar-refractivity contribution >= 4 is 29.2 Å². The molecule has 0 spiro atoms. The van der Waals surface area contributed by atoms with Crippen molar-refractivity contribution in [2.45, 2.75) is 32.7 Å². The number of carbonyl (C=O) groups excluding carboxylic acids is 2. The molecule has 0 aliphatic carbocycles. The molecule has 1 aromatic rings. The minimum Gasteiger partial charge on any atom is -0.480 e. The molecule has 0 aromatic heterocycles. The molecule has 0 heterocycles. The minimum absolute atomic E-state index is 0.0790. The molecule has 120 valence electrons. The van der Waals surface area contributed by atoms with Gasteiger partial charge in [-0.25, -0.2) is 0 Å². The first-order valence-corrected chi connectivity index (χ1v) is 7.06. The standard InChI is InChI=1S/C15H21N3O4/c1-3-4-13(15(21)22)16-9-14(20)18-12-7-5-11(6-8-12)17-10(2)19/h5-8,13,16H,3-4,9H2,1-2H3,(H,17,19)(H,18,20)(H,21,22). The Hall–Kier alpha value is -2.41. The van der Waals surface area contributed by atoms with E-state index in [-0.39, 0.29) is 18.4 Å². The van der Waals surface area contributed by atoms with Crippen molar-refractivity contribution < 1.29 is 19.5 Å². The zero-order valence-corrected chi connectivity index (χ0v) is 12.7. The van der Waals surface area contributed by atoms with Gasteiger partial charge in [0.15, 0.2) is 0 Å². The van der Waals surface area contributed by atoms with Gasteiger partial charge in [0.2, 0.25) is 11.8 Å². The molecule has 0 bridgehead atoms. The number of aliphatic carboxylic acids is 1. The van der Waals surface area contributed by atoms with Gasteiger partial charge in [-0.1, -0.05) is 13.3 Å². The first-order valence-electron chi connectivity index (χ1n) is 7.06. The fraction of sp³-hybridized carbons (Fsp3) is 0.400. The van der Waals surface area contributed by atoms with Gasteiger partial charge in [0.1, 0.15) is 6.04 Å². The predicted octanol–water partition coefficient (Wildman–Crippen LogP) is 1.43. The van der Waals surface area contributed by atoms with Gasteiger partial charge in [-0.15, -0.1) is 0 Å². The Labute approximate surface area is 129 Å². The van der Waals surface area contributed by atoms with E-state index < -0.39 is 12.0 Å². The smallest absolute Gasteiger partial charge is 0.320 e. The van der Waals surface area contributed by atoms with Crippen molar-refractivity contribution in [1.29, 1.82) is 0 Å². The summed E-state index contributed by atoms with van der Waals surface area (Å²) in [6, 6.07) is 5.93. The largest absolute Gasteiger partial charge is 0.480 e. The SMILES string of the molecule is CCCC(NCC(=O)Nc1ccc(NC(C)=O)cc1)C(=O)O. The van der Waals surface area contributed by atoms with Crippen molar-refractivity contribution in [1.82, 2.24) is 5.32 Å². The van der Waals surface area contributed by atoms with Gasteiger partial charge in [0, 0.05) is 18.3 Å². The Morgan fingerprint density at radius 1 is 1.09 bits per heavy atom. The van der Waals surface area contributed by atoms with Crippen LogP contribution < -0.4 is 16.0 Å². The number of rotatable bonds is 8. The second-order valence-electron chi connectivity index (χ2n) is 4.87. The summed E-state index contributed by atoms with van der Waals surface area (Å²) >= 11 is 0. The van der Waals surface area contributed by atoms with Crippen LogP contribution >= 0.6 is 0 Å². The van der Waals surface area contributed by atoms with Crippen LogP contribution in [0.1, 0.15) is 26.7 Å². The molecule has 1 unspecified atom stereocenters. The third-order valence-corrected chi connectivity index (χ3v) is 2.87. The highest BCUT2D eigenvalue weighted by molar-refractivity contribution is 5.93. The lowest BCUT2D eigenvalue weighted by Gasteiger charge is -2.13. The second kappa shape index (κ2) is 8.78. The van der Waals surface area contributed by atoms with Crippen molar-refractivity contribution in [3.05, 3.63) is 24.3 Å². The van der Waals surface area contributed by atoms with Gasteiger partial charge in [-0.3, -0.25) is 19.7 Å². The number of carbonyl (C=O) groups is 3. The van der Waals surface area contributed by atoms with E-state index in [0.29, 0.717) is 17.8 Å². The van der Waals surface area contributed by atoms with Crippen LogP contribution in [0.25, 0.3) is 0 Å². The van der Waals surface area contributed by atoms with Crippen LogP contribution in [0.2, 0.25) is 0 Å². The van der Waals surface area contributed by atoms with Crippen LogP contribution in [-0.4, -0.2) is 35.5 Å². The minimum atomic E-state index is -0.964. The Balaban J connectivity index is 2.47. The van der Waals surface area contributed by atoms with Crippen LogP contribution in [0.15, 0.2) is 24.3 Å². The van der Waals surface area contributed by atoms with E-state index in [1.165, 1.54) is 6.92 Å². The summed E-state index contributed by atoms with van der Waals surface area (Å²) in [5, 5.41) is 17.0. The maximum Gasteiger partial charge on any atom is 0.320 e. The highest BCUT2D eigenvalue weighted by atomic mass is 16.4. The van der Waals surface area contributed by atoms with Crippen LogP contribution in [0, 0.1) is 0 Å². The van der Waals surface area contributed by atoms with Gasteiger partial charge in [-0.05, 0) is 30.7 Å². The molecule has 0 aliphatic rings. The molecule has 7 heteroatoms. The lowest BCUT2D eigenvalue weighted by Crippen LogP contribution is -2.41. The number of anilines is 2. The number of amides is 2. The zero-order valence-electron chi connectivity index (χ0n) is 12.7. The van der Waals surface area contributed by atoms with Crippen LogP contribution in [0.5, 0.6) is 0 Å². The molecule has 4 N–H and O–H groups in total. The van der Waals surface area contributed by atoms with Gasteiger partial charge in [0.05, 0.1) is 6.54 Å². The van der Waals surface area contributed by atoms with Crippen molar-refractivity contribution in [3.63, 3.8) is 0 Å². The van der Waals surface area contributed by atoms with E-state index in [1.54, 1.807) is 24.3 Å². The van der Waals surface area contributed by atoms with Crippen molar-refractivity contribution in [2.75, 3.05) is 17.2 Å². The molecule has 2 amide bonds. The number of carboxylic acid groups (broad SMARTS) is 1. The van der Waals surface area contributed by atoms with Gasteiger partial charge >= 0.3 is 5.97 Å². The fourth-order valence-electron chi connectivity index (χ4n) is 1.86. The van der Waals surface area contributed by atoms with Gasteiger partial charge < -0.3 is 15.7 Å². The first kappa shape index (κ1) is 17.6. The maximum atomic E-state index is 11.8. The summed E-state index contributed by atoms with van der Waals surface area (Å²) in [6.45, 7) is 3.22. The topological polar surface area (TPSA) is 108 Å². The van der Waals surface area contributed by atoms with E-state index in [0.717, 1.165) is 6.42 Å². The maximum absolute atomic E-state index is 11.8. The Morgan fingerprint density at radius 3 is 2.09 bits per heavy atom. The van der Waals surface area contributed by atoms with Gasteiger partial charge in [0.25, 0.3) is 0 Å². The Bertz CT molecular complexity index is 528. The normalized spacial score (nSPS) is 11.5. The molecular weight excluding hydrogens is 286 g/mol. The van der Waals surface area contributed by atoms with Crippen LogP contribution in [0.4, 0.5) is 11.4 Å². The number of hydrogen-bond donors (Lipinski definition) is 4. The molecule has 0 saturated heterocycles. The lowest BCUT2D eigenvalue weighted by molar-refractivity contribution is -0.139.